The van der Waals surface area contributed by atoms with Crippen molar-refractivity contribution in [1.82, 2.24) is 4.44 Å². The molecule has 156 valence electrons. The first-order valence-electron chi connectivity index (χ1n) is 11.2. The molecule has 1 aliphatic heterocycles. The molecule has 0 aliphatic carbocycles. The second-order valence-electron chi connectivity index (χ2n) is 8.26. The molecule has 1 fully saturated rings. The minimum Gasteiger partial charge on any atom is -0.252 e. The van der Waals surface area contributed by atoms with E-state index in [9.17, 15) is 0 Å². The smallest absolute Gasteiger partial charge is 0.0321 e. The maximum Gasteiger partial charge on any atom is 0.0321 e. The van der Waals surface area contributed by atoms with E-state index in [0.29, 0.717) is 5.66 Å². The molecule has 1 saturated heterocycles. The Labute approximate surface area is 181 Å². The van der Waals surface area contributed by atoms with Gasteiger partial charge >= 0.3 is 0 Å². The Morgan fingerprint density at radius 2 is 1.76 bits per heavy atom. The quantitative estimate of drug-likeness (QED) is 0.300. The van der Waals surface area contributed by atoms with Crippen molar-refractivity contribution in [2.45, 2.75) is 71.1 Å². The zero-order valence-electron chi connectivity index (χ0n) is 18.6. The van der Waals surface area contributed by atoms with Gasteiger partial charge in [-0.2, -0.15) is 0 Å². The van der Waals surface area contributed by atoms with E-state index >= 15 is 0 Å². The lowest BCUT2D eigenvalue weighted by Gasteiger charge is -2.42. The fraction of sp³-hybridized carbons (Fsp3) is 0.462. The van der Waals surface area contributed by atoms with Gasteiger partial charge in [-0.15, -0.1) is 0 Å². The van der Waals surface area contributed by atoms with E-state index < -0.39 is 8.07 Å². The summed E-state index contributed by atoms with van der Waals surface area (Å²) < 4.78 is 2.99. The van der Waals surface area contributed by atoms with Crippen LogP contribution in [-0.4, -0.2) is 22.3 Å². The van der Waals surface area contributed by atoms with Crippen LogP contribution >= 0.6 is 16.1 Å². The van der Waals surface area contributed by atoms with Gasteiger partial charge in [0.05, 0.1) is 0 Å². The number of hydrogen-bond donors (Lipinski definition) is 0. The van der Waals surface area contributed by atoms with Gasteiger partial charge in [-0.3, -0.25) is 4.44 Å². The second-order valence-corrected chi connectivity index (χ2v) is 13.3. The summed E-state index contributed by atoms with van der Waals surface area (Å²) in [7, 11) is -0.743. The molecule has 2 unspecified atom stereocenters. The largest absolute Gasteiger partial charge is 0.252 e. The number of allylic oxidation sites excluding steroid dienone is 1. The highest BCUT2D eigenvalue weighted by molar-refractivity contribution is 7.80. The molecule has 1 heterocycles. The second kappa shape index (κ2) is 10.9. The first-order valence-corrected chi connectivity index (χ1v) is 13.9. The van der Waals surface area contributed by atoms with Crippen molar-refractivity contribution in [2.75, 3.05) is 6.54 Å². The number of unbranched alkanes of at least 4 members (excludes halogenated alkanes) is 1. The topological polar surface area (TPSA) is 3.24 Å². The van der Waals surface area contributed by atoms with Crippen LogP contribution in [0.15, 0.2) is 66.7 Å². The zero-order valence-corrected chi connectivity index (χ0v) is 20.4. The summed E-state index contributed by atoms with van der Waals surface area (Å²) in [5.74, 6) is 0. The summed E-state index contributed by atoms with van der Waals surface area (Å²) in [5, 5.41) is 3.03. The van der Waals surface area contributed by atoms with Gasteiger partial charge in [-0.1, -0.05) is 87.0 Å². The normalized spacial score (nSPS) is 22.7. The molecular formula is C26H37NP2. The van der Waals surface area contributed by atoms with Crippen LogP contribution in [0.5, 0.6) is 0 Å². The van der Waals surface area contributed by atoms with E-state index in [4.69, 9.17) is 0 Å². The predicted molar refractivity (Wildman–Crippen MR) is 134 cm³/mol. The van der Waals surface area contributed by atoms with Crippen molar-refractivity contribution in [3.05, 3.63) is 72.3 Å². The maximum atomic E-state index is 4.44. The third-order valence-corrected chi connectivity index (χ3v) is 13.1. The molecule has 0 N–H and O–H groups in total. The number of benzene rings is 2. The van der Waals surface area contributed by atoms with E-state index in [1.54, 1.807) is 0 Å². The van der Waals surface area contributed by atoms with Gasteiger partial charge in [0.15, 0.2) is 0 Å². The average Bonchev–Trinajstić information content (AvgIpc) is 3.17. The average molecular weight is 426 g/mol. The zero-order chi connectivity index (χ0) is 20.8. The molecule has 4 atom stereocenters. The van der Waals surface area contributed by atoms with Crippen molar-refractivity contribution in [2.24, 2.45) is 0 Å². The van der Waals surface area contributed by atoms with E-state index in [1.165, 1.54) is 60.4 Å². The van der Waals surface area contributed by atoms with Crippen LogP contribution in [0.25, 0.3) is 0 Å². The Bertz CT molecular complexity index is 788. The molecule has 2 aromatic carbocycles. The van der Waals surface area contributed by atoms with E-state index in [0.717, 1.165) is 5.66 Å². The van der Waals surface area contributed by atoms with Crippen LogP contribution in [0, 0.1) is 6.92 Å². The minimum atomic E-state index is -0.520. The van der Waals surface area contributed by atoms with Gasteiger partial charge in [0.2, 0.25) is 0 Å². The summed E-state index contributed by atoms with van der Waals surface area (Å²) in [6.07, 6.45) is 6.52. The Balaban J connectivity index is 2.13. The molecular weight excluding hydrogens is 388 g/mol. The van der Waals surface area contributed by atoms with Crippen LogP contribution in [0.4, 0.5) is 0 Å². The SMILES string of the molecule is C=C(C)[C@@H]1CC[C@@H](CC)P1N(CCCC)P(c1ccccc1)c1ccccc1C. The first-order chi connectivity index (χ1) is 14.1. The fourth-order valence-corrected chi connectivity index (χ4v) is 12.2. The highest BCUT2D eigenvalue weighted by Gasteiger charge is 2.42. The Morgan fingerprint density at radius 1 is 1.07 bits per heavy atom. The summed E-state index contributed by atoms with van der Waals surface area (Å²) in [6, 6.07) is 20.4. The number of rotatable bonds is 9. The molecule has 0 saturated carbocycles. The molecule has 29 heavy (non-hydrogen) atoms. The maximum absolute atomic E-state index is 4.44. The van der Waals surface area contributed by atoms with Crippen molar-refractivity contribution in [1.29, 1.82) is 0 Å². The molecule has 0 bridgehead atoms. The lowest BCUT2D eigenvalue weighted by Crippen LogP contribution is -2.31. The molecule has 3 heteroatoms. The summed E-state index contributed by atoms with van der Waals surface area (Å²) in [4.78, 5) is 0. The molecule has 0 amide bonds. The van der Waals surface area contributed by atoms with E-state index in [-0.39, 0.29) is 8.07 Å². The fourth-order valence-electron chi connectivity index (χ4n) is 4.47. The lowest BCUT2D eigenvalue weighted by molar-refractivity contribution is 0.629. The number of hydrogen-bond acceptors (Lipinski definition) is 1. The Morgan fingerprint density at radius 3 is 2.38 bits per heavy atom. The predicted octanol–water partition coefficient (Wildman–Crippen LogP) is 7.36. The third-order valence-electron chi connectivity index (χ3n) is 6.06. The Hall–Kier alpha value is -1.00. The van der Waals surface area contributed by atoms with E-state index in [1.807, 2.05) is 0 Å². The van der Waals surface area contributed by atoms with Gasteiger partial charge in [0.25, 0.3) is 0 Å². The molecule has 2 aromatic rings. The standard InChI is InChI=1S/C26H37NP2/c1-6-8-20-27(28-23(7-2)18-19-25(28)21(3)4)29(24-15-10-9-11-16-24)26-17-13-12-14-22(26)5/h9-17,23,25H,3,6-8,18-20H2,1-2,4-5H3/t23-,25+,28?,29?/m1/s1. The summed E-state index contributed by atoms with van der Waals surface area (Å²) in [5.41, 5.74) is 4.35. The molecule has 1 aliphatic rings. The molecule has 0 spiro atoms. The highest BCUT2D eigenvalue weighted by Crippen LogP contribution is 2.67. The summed E-state index contributed by atoms with van der Waals surface area (Å²) >= 11 is 0. The van der Waals surface area contributed by atoms with Crippen LogP contribution in [0.3, 0.4) is 0 Å². The van der Waals surface area contributed by atoms with Crippen molar-refractivity contribution < 1.29 is 0 Å². The minimum absolute atomic E-state index is 0.223. The lowest BCUT2D eigenvalue weighted by atomic mass is 10.1. The summed E-state index contributed by atoms with van der Waals surface area (Å²) in [6.45, 7) is 14.9. The monoisotopic (exact) mass is 425 g/mol. The van der Waals surface area contributed by atoms with Gasteiger partial charge in [0, 0.05) is 20.3 Å². The van der Waals surface area contributed by atoms with Crippen LogP contribution in [0.2, 0.25) is 0 Å². The number of nitrogens with zero attached hydrogens (tertiary/aromatic N) is 1. The molecule has 0 radical (unpaired) electrons. The van der Waals surface area contributed by atoms with Gasteiger partial charge in [-0.05, 0) is 69.4 Å². The molecule has 0 aromatic heterocycles. The van der Waals surface area contributed by atoms with Crippen molar-refractivity contribution >= 4 is 26.8 Å². The Kier molecular flexibility index (Phi) is 8.49. The van der Waals surface area contributed by atoms with Crippen molar-refractivity contribution in [3.63, 3.8) is 0 Å². The first kappa shape index (κ1) is 22.7. The van der Waals surface area contributed by atoms with Gasteiger partial charge < -0.3 is 0 Å². The third kappa shape index (κ3) is 5.19. The van der Waals surface area contributed by atoms with Gasteiger partial charge in [0.1, 0.15) is 0 Å². The van der Waals surface area contributed by atoms with Crippen LogP contribution in [0.1, 0.15) is 58.4 Å². The van der Waals surface area contributed by atoms with Crippen molar-refractivity contribution in [3.8, 4) is 0 Å². The number of aryl methyl sites for hydroxylation is 1. The van der Waals surface area contributed by atoms with E-state index in [2.05, 4.69) is 93.3 Å². The van der Waals surface area contributed by atoms with Gasteiger partial charge in [-0.25, -0.2) is 0 Å². The highest BCUT2D eigenvalue weighted by atomic mass is 31.2. The van der Waals surface area contributed by atoms with Crippen LogP contribution in [-0.2, 0) is 0 Å². The molecule has 3 rings (SSSR count). The van der Waals surface area contributed by atoms with Crippen LogP contribution < -0.4 is 10.6 Å². The molecule has 1 nitrogen and oxygen atoms in total.